The van der Waals surface area contributed by atoms with Gasteiger partial charge in [0.25, 0.3) is 0 Å². The summed E-state index contributed by atoms with van der Waals surface area (Å²) in [5.74, 6) is 0. The summed E-state index contributed by atoms with van der Waals surface area (Å²) in [6, 6.07) is 19.6. The number of pyridine rings is 1. The molecular formula is C24H22N2O2S. The second-order valence-electron chi connectivity index (χ2n) is 7.67. The predicted octanol–water partition coefficient (Wildman–Crippen LogP) is 5.01. The zero-order chi connectivity index (χ0) is 20.2. The summed E-state index contributed by atoms with van der Waals surface area (Å²) < 4.78 is 30.5. The quantitative estimate of drug-likeness (QED) is 0.473. The Balaban J connectivity index is 1.71. The van der Waals surface area contributed by atoms with Gasteiger partial charge in [-0.3, -0.25) is 0 Å². The molecule has 0 aliphatic carbocycles. The van der Waals surface area contributed by atoms with Crippen molar-refractivity contribution >= 4 is 32.0 Å². The molecule has 0 amide bonds. The number of para-hydroxylation sites is 1. The summed E-state index contributed by atoms with van der Waals surface area (Å²) in [6.45, 7) is 4.70. The van der Waals surface area contributed by atoms with Gasteiger partial charge in [0.15, 0.2) is 0 Å². The van der Waals surface area contributed by atoms with Crippen molar-refractivity contribution in [2.45, 2.75) is 25.3 Å². The van der Waals surface area contributed by atoms with Crippen molar-refractivity contribution in [1.82, 2.24) is 8.71 Å². The molecule has 0 fully saturated rings. The van der Waals surface area contributed by atoms with Gasteiger partial charge in [0.05, 0.1) is 15.9 Å². The lowest BCUT2D eigenvalue weighted by Crippen LogP contribution is -2.31. The van der Waals surface area contributed by atoms with Gasteiger partial charge in [0.2, 0.25) is 10.0 Å². The third kappa shape index (κ3) is 2.89. The van der Waals surface area contributed by atoms with Crippen molar-refractivity contribution < 1.29 is 8.42 Å². The molecule has 0 radical (unpaired) electrons. The van der Waals surface area contributed by atoms with E-state index < -0.39 is 10.0 Å². The van der Waals surface area contributed by atoms with Crippen LogP contribution in [0.5, 0.6) is 0 Å². The fourth-order valence-electron chi connectivity index (χ4n) is 4.13. The third-order valence-electron chi connectivity index (χ3n) is 5.75. The Hall–Kier alpha value is -2.89. The van der Waals surface area contributed by atoms with Crippen LogP contribution in [0.15, 0.2) is 77.8 Å². The van der Waals surface area contributed by atoms with E-state index in [1.807, 2.05) is 37.3 Å². The highest BCUT2D eigenvalue weighted by Crippen LogP contribution is 2.32. The van der Waals surface area contributed by atoms with Gasteiger partial charge >= 0.3 is 0 Å². The molecule has 0 saturated heterocycles. The van der Waals surface area contributed by atoms with Crippen LogP contribution in [0.25, 0.3) is 22.0 Å². The summed E-state index contributed by atoms with van der Waals surface area (Å²) >= 11 is 0. The molecule has 0 saturated carbocycles. The van der Waals surface area contributed by atoms with E-state index >= 15 is 0 Å². The smallest absolute Gasteiger partial charge is 0.243 e. The minimum atomic E-state index is -3.60. The molecule has 1 aliphatic heterocycles. The van der Waals surface area contributed by atoms with Gasteiger partial charge in [-0.05, 0) is 60.7 Å². The topological polar surface area (TPSA) is 41.8 Å². The first-order chi connectivity index (χ1) is 13.9. The first-order valence-electron chi connectivity index (χ1n) is 9.71. The van der Waals surface area contributed by atoms with Crippen LogP contribution >= 0.6 is 0 Å². The minimum Gasteiger partial charge on any atom is -0.316 e. The number of aromatic nitrogens is 1. The summed E-state index contributed by atoms with van der Waals surface area (Å²) in [5.41, 5.74) is 6.53. The summed E-state index contributed by atoms with van der Waals surface area (Å²) in [4.78, 5) is 0.335. The second kappa shape index (κ2) is 6.58. The van der Waals surface area contributed by atoms with E-state index in [1.54, 1.807) is 16.4 Å². The van der Waals surface area contributed by atoms with Gasteiger partial charge < -0.3 is 4.40 Å². The number of allylic oxidation sites excluding steroid dienone is 1. The van der Waals surface area contributed by atoms with E-state index in [4.69, 9.17) is 0 Å². The fourth-order valence-corrected chi connectivity index (χ4v) is 5.49. The third-order valence-corrected chi connectivity index (χ3v) is 7.57. The molecule has 3 heterocycles. The lowest BCUT2D eigenvalue weighted by atomic mass is 10.0. The maximum atomic E-state index is 13.4. The Morgan fingerprint density at radius 1 is 0.931 bits per heavy atom. The van der Waals surface area contributed by atoms with Crippen LogP contribution < -0.4 is 0 Å². The lowest BCUT2D eigenvalue weighted by molar-refractivity contribution is 0.439. The molecule has 4 nitrogen and oxygen atoms in total. The molecule has 4 aromatic rings. The SMILES string of the molecule is C/C1=C/CN(S(=O)(=O)c2ccc(C)cc2)Cc2cc3ccccc3n3ccc1c23. The van der Waals surface area contributed by atoms with Gasteiger partial charge in [0, 0.05) is 24.8 Å². The Morgan fingerprint density at radius 2 is 1.69 bits per heavy atom. The average Bonchev–Trinajstić information content (AvgIpc) is 3.15. The van der Waals surface area contributed by atoms with Crippen LogP contribution in [-0.2, 0) is 16.6 Å². The van der Waals surface area contributed by atoms with Crippen molar-refractivity contribution in [2.24, 2.45) is 0 Å². The van der Waals surface area contributed by atoms with E-state index in [1.165, 1.54) is 0 Å². The van der Waals surface area contributed by atoms with Gasteiger partial charge in [-0.1, -0.05) is 42.0 Å². The van der Waals surface area contributed by atoms with Crippen molar-refractivity contribution in [3.8, 4) is 0 Å². The van der Waals surface area contributed by atoms with E-state index in [9.17, 15) is 8.42 Å². The second-order valence-corrected chi connectivity index (χ2v) is 9.61. The molecule has 2 aromatic carbocycles. The standard InChI is InChI=1S/C24H22N2O2S/c1-17-7-9-21(10-8-17)29(27,28)25-13-11-18(2)22-12-14-26-23-6-4-3-5-19(23)15-20(16-25)24(22)26/h3-12,14-15H,13,16H2,1-2H3/b18-11-. The van der Waals surface area contributed by atoms with Gasteiger partial charge in [-0.2, -0.15) is 4.31 Å². The minimum absolute atomic E-state index is 0.335. The van der Waals surface area contributed by atoms with Gasteiger partial charge in [-0.25, -0.2) is 8.42 Å². The normalized spacial score (nSPS) is 17.1. The molecule has 5 rings (SSSR count). The molecule has 0 bridgehead atoms. The maximum Gasteiger partial charge on any atom is 0.243 e. The van der Waals surface area contributed by atoms with Crippen LogP contribution in [0, 0.1) is 6.92 Å². The molecular weight excluding hydrogens is 380 g/mol. The van der Waals surface area contributed by atoms with Crippen LogP contribution in [-0.4, -0.2) is 23.7 Å². The van der Waals surface area contributed by atoms with Crippen LogP contribution in [0.3, 0.4) is 0 Å². The average molecular weight is 403 g/mol. The molecule has 1 aliphatic rings. The Kier molecular flexibility index (Phi) is 4.12. The number of hydrogen-bond acceptors (Lipinski definition) is 2. The first-order valence-corrected chi connectivity index (χ1v) is 11.1. The predicted molar refractivity (Wildman–Crippen MR) is 117 cm³/mol. The number of sulfonamides is 1. The Bertz CT molecular complexity index is 1380. The molecule has 0 N–H and O–H groups in total. The van der Waals surface area contributed by atoms with Crippen molar-refractivity contribution in [1.29, 1.82) is 0 Å². The van der Waals surface area contributed by atoms with Crippen LogP contribution in [0.4, 0.5) is 0 Å². The Morgan fingerprint density at radius 3 is 2.48 bits per heavy atom. The molecule has 29 heavy (non-hydrogen) atoms. The van der Waals surface area contributed by atoms with E-state index in [2.05, 4.69) is 41.8 Å². The largest absolute Gasteiger partial charge is 0.316 e. The fraction of sp³-hybridized carbons (Fsp3) is 0.167. The lowest BCUT2D eigenvalue weighted by Gasteiger charge is -2.24. The molecule has 146 valence electrons. The van der Waals surface area contributed by atoms with Crippen molar-refractivity contribution in [3.63, 3.8) is 0 Å². The monoisotopic (exact) mass is 402 g/mol. The van der Waals surface area contributed by atoms with Gasteiger partial charge in [0.1, 0.15) is 0 Å². The van der Waals surface area contributed by atoms with Crippen LogP contribution in [0.1, 0.15) is 23.6 Å². The number of hydrogen-bond donors (Lipinski definition) is 0. The summed E-state index contributed by atoms with van der Waals surface area (Å²) in [6.07, 6.45) is 4.09. The Labute approximate surface area is 170 Å². The summed E-state index contributed by atoms with van der Waals surface area (Å²) in [5, 5.41) is 1.10. The zero-order valence-electron chi connectivity index (χ0n) is 16.5. The zero-order valence-corrected chi connectivity index (χ0v) is 17.3. The molecule has 5 heteroatoms. The first kappa shape index (κ1) is 18.2. The number of benzene rings is 2. The summed E-state index contributed by atoms with van der Waals surface area (Å²) in [7, 11) is -3.60. The number of aryl methyl sites for hydroxylation is 1. The molecule has 0 spiro atoms. The maximum absolute atomic E-state index is 13.4. The highest BCUT2D eigenvalue weighted by Gasteiger charge is 2.27. The number of fused-ring (bicyclic) bond motifs is 2. The van der Waals surface area contributed by atoms with Crippen LogP contribution in [0.2, 0.25) is 0 Å². The van der Waals surface area contributed by atoms with E-state index in [-0.39, 0.29) is 0 Å². The van der Waals surface area contributed by atoms with Crippen molar-refractivity contribution in [2.75, 3.05) is 6.54 Å². The molecule has 2 aromatic heterocycles. The number of rotatable bonds is 2. The van der Waals surface area contributed by atoms with Gasteiger partial charge in [-0.15, -0.1) is 0 Å². The molecule has 0 atom stereocenters. The van der Waals surface area contributed by atoms with E-state index in [0.717, 1.165) is 38.7 Å². The number of nitrogens with zero attached hydrogens (tertiary/aromatic N) is 2. The highest BCUT2D eigenvalue weighted by molar-refractivity contribution is 7.89. The van der Waals surface area contributed by atoms with E-state index in [0.29, 0.717) is 18.0 Å². The highest BCUT2D eigenvalue weighted by atomic mass is 32.2. The molecule has 0 unspecified atom stereocenters. The van der Waals surface area contributed by atoms with Crippen molar-refractivity contribution in [3.05, 3.63) is 89.6 Å².